The van der Waals surface area contributed by atoms with E-state index in [1.165, 1.54) is 5.56 Å². The molecule has 0 saturated carbocycles. The van der Waals surface area contributed by atoms with E-state index in [4.69, 9.17) is 9.15 Å². The zero-order valence-corrected chi connectivity index (χ0v) is 21.1. The average molecular weight is 553 g/mol. The molecule has 1 atom stereocenters. The highest BCUT2D eigenvalue weighted by molar-refractivity contribution is 14.0. The number of aryl methyl sites for hydroxylation is 1. The van der Waals surface area contributed by atoms with Gasteiger partial charge in [-0.3, -0.25) is 4.68 Å². The lowest BCUT2D eigenvalue weighted by atomic mass is 10.0. The maximum absolute atomic E-state index is 10.8. The van der Waals surface area contributed by atoms with E-state index in [-0.39, 0.29) is 30.5 Å². The molecule has 2 heterocycles. The Morgan fingerprint density at radius 2 is 1.91 bits per heavy atom. The second-order valence-electron chi connectivity index (χ2n) is 7.62. The van der Waals surface area contributed by atoms with Crippen LogP contribution in [-0.2, 0) is 25.5 Å². The van der Waals surface area contributed by atoms with Gasteiger partial charge in [-0.05, 0) is 43.2 Å². The van der Waals surface area contributed by atoms with Crippen molar-refractivity contribution in [2.24, 2.45) is 12.0 Å². The van der Waals surface area contributed by atoms with E-state index in [9.17, 15) is 5.11 Å². The van der Waals surface area contributed by atoms with Crippen LogP contribution in [0.3, 0.4) is 0 Å². The van der Waals surface area contributed by atoms with Crippen LogP contribution in [0.4, 0.5) is 0 Å². The van der Waals surface area contributed by atoms with E-state index in [0.29, 0.717) is 19.0 Å². The van der Waals surface area contributed by atoms with Gasteiger partial charge >= 0.3 is 0 Å². The van der Waals surface area contributed by atoms with Gasteiger partial charge in [0.25, 0.3) is 0 Å². The van der Waals surface area contributed by atoms with E-state index in [1.54, 1.807) is 37.4 Å². The highest BCUT2D eigenvalue weighted by Gasteiger charge is 2.24. The number of aromatic nitrogens is 2. The van der Waals surface area contributed by atoms with Crippen molar-refractivity contribution in [2.45, 2.75) is 25.4 Å². The molecule has 0 radical (unpaired) electrons. The zero-order chi connectivity index (χ0) is 22.1. The van der Waals surface area contributed by atoms with Crippen LogP contribution in [-0.4, -0.2) is 47.6 Å². The third-order valence-electron chi connectivity index (χ3n) is 4.98. The summed E-state index contributed by atoms with van der Waals surface area (Å²) in [6.45, 7) is 3.31. The van der Waals surface area contributed by atoms with Crippen LogP contribution in [0.15, 0.2) is 64.5 Å². The fourth-order valence-electron chi connectivity index (χ4n) is 3.07. The van der Waals surface area contributed by atoms with Gasteiger partial charge in [0.2, 0.25) is 0 Å². The Morgan fingerprint density at radius 3 is 2.50 bits per heavy atom. The summed E-state index contributed by atoms with van der Waals surface area (Å²) < 4.78 is 12.3. The zero-order valence-electron chi connectivity index (χ0n) is 18.7. The summed E-state index contributed by atoms with van der Waals surface area (Å²) in [5.41, 5.74) is 0.817. The molecule has 3 aromatic rings. The van der Waals surface area contributed by atoms with Gasteiger partial charge in [-0.1, -0.05) is 12.1 Å². The van der Waals surface area contributed by atoms with Crippen molar-refractivity contribution < 1.29 is 14.3 Å². The predicted octanol–water partition coefficient (Wildman–Crippen LogP) is 2.87. The molecule has 8 nitrogen and oxygen atoms in total. The standard InChI is InChI=1S/C23H31N5O3.HI/c1-23(29,19-15-27-28(2)16-19)17-26-22(25-13-11-21-5-4-14-31-21)24-12-10-18-6-8-20(30-3)9-7-18;/h4-9,14-16,29H,10-13,17H2,1-3H3,(H2,24,25,26);1H. The molecule has 174 valence electrons. The maximum Gasteiger partial charge on any atom is 0.191 e. The Labute approximate surface area is 206 Å². The molecule has 0 aliphatic heterocycles. The summed E-state index contributed by atoms with van der Waals surface area (Å²) in [7, 11) is 3.49. The van der Waals surface area contributed by atoms with Gasteiger partial charge < -0.3 is 24.9 Å². The van der Waals surface area contributed by atoms with Crippen LogP contribution in [0.25, 0.3) is 0 Å². The second kappa shape index (κ2) is 12.5. The van der Waals surface area contributed by atoms with Crippen molar-refractivity contribution in [2.75, 3.05) is 26.7 Å². The third kappa shape index (κ3) is 7.86. The highest BCUT2D eigenvalue weighted by Crippen LogP contribution is 2.19. The number of furan rings is 1. The SMILES string of the molecule is COc1ccc(CCNC(=NCC(C)(O)c2cnn(C)c2)NCCc2ccco2)cc1.I. The van der Waals surface area contributed by atoms with Crippen molar-refractivity contribution in [1.29, 1.82) is 0 Å². The van der Waals surface area contributed by atoms with E-state index in [1.807, 2.05) is 31.3 Å². The van der Waals surface area contributed by atoms with Gasteiger partial charge in [0.15, 0.2) is 5.96 Å². The summed E-state index contributed by atoms with van der Waals surface area (Å²) in [5, 5.41) is 21.6. The van der Waals surface area contributed by atoms with Crippen LogP contribution < -0.4 is 15.4 Å². The second-order valence-corrected chi connectivity index (χ2v) is 7.62. The molecule has 0 aliphatic rings. The smallest absolute Gasteiger partial charge is 0.191 e. The third-order valence-corrected chi connectivity index (χ3v) is 4.98. The number of aliphatic hydroxyl groups is 1. The first-order valence-electron chi connectivity index (χ1n) is 10.4. The van der Waals surface area contributed by atoms with Gasteiger partial charge in [-0.25, -0.2) is 4.99 Å². The van der Waals surface area contributed by atoms with Crippen LogP contribution in [0.1, 0.15) is 23.8 Å². The van der Waals surface area contributed by atoms with Crippen molar-refractivity contribution >= 4 is 29.9 Å². The quantitative estimate of drug-likeness (QED) is 0.203. The Bertz CT molecular complexity index is 952. The lowest BCUT2D eigenvalue weighted by Crippen LogP contribution is -2.40. The van der Waals surface area contributed by atoms with E-state index < -0.39 is 5.60 Å². The number of halogens is 1. The Hall–Kier alpha value is -2.53. The number of nitrogens with zero attached hydrogens (tertiary/aromatic N) is 3. The Balaban J connectivity index is 0.00000363. The largest absolute Gasteiger partial charge is 0.497 e. The molecule has 3 rings (SSSR count). The molecule has 1 aromatic carbocycles. The minimum absolute atomic E-state index is 0. The molecule has 0 bridgehead atoms. The molecule has 1 unspecified atom stereocenters. The van der Waals surface area contributed by atoms with Crippen molar-refractivity contribution in [3.8, 4) is 5.75 Å². The number of aliphatic imine (C=N–C) groups is 1. The van der Waals surface area contributed by atoms with E-state index >= 15 is 0 Å². The summed E-state index contributed by atoms with van der Waals surface area (Å²) in [4.78, 5) is 4.62. The number of guanidine groups is 1. The lowest BCUT2D eigenvalue weighted by Gasteiger charge is -2.20. The molecular weight excluding hydrogens is 521 g/mol. The number of nitrogens with one attached hydrogen (secondary N) is 2. The van der Waals surface area contributed by atoms with Gasteiger partial charge in [0.1, 0.15) is 17.1 Å². The van der Waals surface area contributed by atoms with Crippen LogP contribution >= 0.6 is 24.0 Å². The Kier molecular flexibility index (Phi) is 10.0. The first-order valence-corrected chi connectivity index (χ1v) is 10.4. The van der Waals surface area contributed by atoms with Crippen LogP contribution in [0, 0.1) is 0 Å². The molecule has 0 saturated heterocycles. The normalized spacial score (nSPS) is 13.2. The lowest BCUT2D eigenvalue weighted by molar-refractivity contribution is 0.0672. The number of hydrogen-bond acceptors (Lipinski definition) is 5. The van der Waals surface area contributed by atoms with Gasteiger partial charge in [-0.2, -0.15) is 5.10 Å². The molecule has 9 heteroatoms. The van der Waals surface area contributed by atoms with Crippen molar-refractivity contribution in [3.05, 3.63) is 71.9 Å². The first-order chi connectivity index (χ1) is 15.0. The van der Waals surface area contributed by atoms with E-state index in [2.05, 4.69) is 32.9 Å². The van der Waals surface area contributed by atoms with Crippen LogP contribution in [0.2, 0.25) is 0 Å². The number of hydrogen-bond donors (Lipinski definition) is 3. The van der Waals surface area contributed by atoms with Gasteiger partial charge in [0.05, 0.1) is 26.1 Å². The molecule has 2 aromatic heterocycles. The molecular formula is C23H32IN5O3. The summed E-state index contributed by atoms with van der Waals surface area (Å²) in [6.07, 6.45) is 6.71. The minimum atomic E-state index is -1.11. The van der Waals surface area contributed by atoms with E-state index in [0.717, 1.165) is 29.9 Å². The molecule has 0 fully saturated rings. The maximum atomic E-state index is 10.8. The fraction of sp³-hybridized carbons (Fsp3) is 0.391. The fourth-order valence-corrected chi connectivity index (χ4v) is 3.07. The number of ether oxygens (including phenoxy) is 1. The first kappa shape index (κ1) is 25.7. The van der Waals surface area contributed by atoms with Gasteiger partial charge in [-0.15, -0.1) is 24.0 Å². The van der Waals surface area contributed by atoms with Gasteiger partial charge in [0, 0.05) is 38.3 Å². The Morgan fingerprint density at radius 1 is 1.19 bits per heavy atom. The molecule has 0 amide bonds. The molecule has 32 heavy (non-hydrogen) atoms. The number of benzene rings is 1. The van der Waals surface area contributed by atoms with Crippen LogP contribution in [0.5, 0.6) is 5.75 Å². The average Bonchev–Trinajstić information content (AvgIpc) is 3.44. The molecule has 0 aliphatic carbocycles. The number of rotatable bonds is 10. The minimum Gasteiger partial charge on any atom is -0.497 e. The monoisotopic (exact) mass is 553 g/mol. The predicted molar refractivity (Wildman–Crippen MR) is 136 cm³/mol. The van der Waals surface area contributed by atoms with Crippen molar-refractivity contribution in [3.63, 3.8) is 0 Å². The highest BCUT2D eigenvalue weighted by atomic mass is 127. The topological polar surface area (TPSA) is 96.8 Å². The molecule has 3 N–H and O–H groups in total. The summed E-state index contributed by atoms with van der Waals surface area (Å²) in [6, 6.07) is 11.8. The van der Waals surface area contributed by atoms with Crippen molar-refractivity contribution in [1.82, 2.24) is 20.4 Å². The summed E-state index contributed by atoms with van der Waals surface area (Å²) >= 11 is 0. The summed E-state index contributed by atoms with van der Waals surface area (Å²) in [5.74, 6) is 2.40. The number of methoxy groups -OCH3 is 1. The molecule has 0 spiro atoms.